The molecule has 1 N–H and O–H groups in total. The second-order valence-corrected chi connectivity index (χ2v) is 5.10. The highest BCUT2D eigenvalue weighted by Gasteiger charge is 2.17. The normalized spacial score (nSPS) is 16.3. The Morgan fingerprint density at radius 2 is 2.16 bits per heavy atom. The molecular weight excluding hydrogens is 244 g/mol. The molecule has 19 heavy (non-hydrogen) atoms. The first kappa shape index (κ1) is 13.8. The van der Waals surface area contributed by atoms with Crippen LogP contribution in [-0.4, -0.2) is 42.9 Å². The molecule has 1 fully saturated rings. The topological polar surface area (TPSA) is 62.7 Å². The highest BCUT2D eigenvalue weighted by molar-refractivity contribution is 5.88. The van der Waals surface area contributed by atoms with E-state index in [4.69, 9.17) is 9.84 Å². The maximum absolute atomic E-state index is 11.1. The lowest BCUT2D eigenvalue weighted by Gasteiger charge is -2.28. The van der Waals surface area contributed by atoms with Gasteiger partial charge in [0.05, 0.1) is 5.56 Å². The van der Waals surface area contributed by atoms with Crippen LogP contribution in [0.5, 0.6) is 0 Å². The van der Waals surface area contributed by atoms with Gasteiger partial charge >= 0.3 is 5.97 Å². The van der Waals surface area contributed by atoms with Crippen molar-refractivity contribution in [3.05, 3.63) is 23.4 Å². The lowest BCUT2D eigenvalue weighted by molar-refractivity contribution is 0.0685. The predicted molar refractivity (Wildman–Crippen MR) is 72.7 cm³/mol. The molecule has 104 valence electrons. The number of carbonyl (C=O) groups is 1. The third kappa shape index (κ3) is 3.67. The highest BCUT2D eigenvalue weighted by atomic mass is 16.5. The smallest absolute Gasteiger partial charge is 0.335 e. The second kappa shape index (κ2) is 6.02. The van der Waals surface area contributed by atoms with E-state index >= 15 is 0 Å². The molecule has 0 saturated carbocycles. The number of anilines is 1. The van der Waals surface area contributed by atoms with Gasteiger partial charge in [-0.15, -0.1) is 0 Å². The van der Waals surface area contributed by atoms with Crippen LogP contribution in [0, 0.1) is 12.8 Å². The van der Waals surface area contributed by atoms with Crippen LogP contribution in [0.3, 0.4) is 0 Å². The number of aromatic nitrogens is 1. The van der Waals surface area contributed by atoms with Crippen molar-refractivity contribution in [2.75, 3.05) is 31.7 Å². The van der Waals surface area contributed by atoms with Gasteiger partial charge in [-0.3, -0.25) is 0 Å². The Morgan fingerprint density at radius 1 is 1.47 bits per heavy atom. The average Bonchev–Trinajstić information content (AvgIpc) is 2.39. The van der Waals surface area contributed by atoms with E-state index in [0.29, 0.717) is 11.5 Å². The first-order valence-electron chi connectivity index (χ1n) is 6.57. The highest BCUT2D eigenvalue weighted by Crippen LogP contribution is 2.20. The summed E-state index contributed by atoms with van der Waals surface area (Å²) in [6.45, 7) is 4.34. The van der Waals surface area contributed by atoms with Gasteiger partial charge in [0.2, 0.25) is 0 Å². The van der Waals surface area contributed by atoms with Crippen LogP contribution < -0.4 is 4.90 Å². The summed E-state index contributed by atoms with van der Waals surface area (Å²) in [6, 6.07) is 3.22. The minimum Gasteiger partial charge on any atom is -0.478 e. The standard InChI is InChI=1S/C14H20N2O3/c1-10-7-12(14(17)18)8-13(15-10)16(2)9-11-3-5-19-6-4-11/h7-8,11H,3-6,9H2,1-2H3,(H,17,18). The van der Waals surface area contributed by atoms with Gasteiger partial charge in [-0.2, -0.15) is 0 Å². The summed E-state index contributed by atoms with van der Waals surface area (Å²) in [7, 11) is 1.96. The van der Waals surface area contributed by atoms with Gasteiger partial charge < -0.3 is 14.7 Å². The first-order chi connectivity index (χ1) is 9.06. The molecule has 0 aromatic carbocycles. The summed E-state index contributed by atoms with van der Waals surface area (Å²) in [5.41, 5.74) is 1.02. The Bertz CT molecular complexity index is 456. The Kier molecular flexibility index (Phi) is 4.37. The van der Waals surface area contributed by atoms with Crippen LogP contribution >= 0.6 is 0 Å². The Hall–Kier alpha value is -1.62. The zero-order chi connectivity index (χ0) is 13.8. The predicted octanol–water partition coefficient (Wildman–Crippen LogP) is 1.95. The zero-order valence-electron chi connectivity index (χ0n) is 11.4. The van der Waals surface area contributed by atoms with Gasteiger partial charge in [0.1, 0.15) is 5.82 Å². The summed E-state index contributed by atoms with van der Waals surface area (Å²) >= 11 is 0. The molecule has 0 bridgehead atoms. The molecular formula is C14H20N2O3. The fraction of sp³-hybridized carbons (Fsp3) is 0.571. The molecule has 0 atom stereocenters. The summed E-state index contributed by atoms with van der Waals surface area (Å²) < 4.78 is 5.34. The summed E-state index contributed by atoms with van der Waals surface area (Å²) in [4.78, 5) is 17.5. The molecule has 1 aliphatic heterocycles. The molecule has 1 aliphatic rings. The molecule has 2 rings (SSSR count). The summed E-state index contributed by atoms with van der Waals surface area (Å²) in [6.07, 6.45) is 2.11. The Morgan fingerprint density at radius 3 is 2.79 bits per heavy atom. The fourth-order valence-corrected chi connectivity index (χ4v) is 2.38. The lowest BCUT2D eigenvalue weighted by atomic mass is 10.00. The van der Waals surface area contributed by atoms with Crippen molar-refractivity contribution >= 4 is 11.8 Å². The van der Waals surface area contributed by atoms with Gasteiger partial charge in [0.15, 0.2) is 0 Å². The van der Waals surface area contributed by atoms with Crippen LogP contribution in [0.1, 0.15) is 28.9 Å². The van der Waals surface area contributed by atoms with E-state index in [2.05, 4.69) is 4.98 Å². The van der Waals surface area contributed by atoms with Crippen molar-refractivity contribution in [1.29, 1.82) is 0 Å². The molecule has 1 aromatic heterocycles. The van der Waals surface area contributed by atoms with Crippen molar-refractivity contribution < 1.29 is 14.6 Å². The number of pyridine rings is 1. The third-order valence-electron chi connectivity index (χ3n) is 3.45. The largest absolute Gasteiger partial charge is 0.478 e. The molecule has 5 nitrogen and oxygen atoms in total. The molecule has 0 amide bonds. The van der Waals surface area contributed by atoms with E-state index in [0.717, 1.165) is 44.1 Å². The van der Waals surface area contributed by atoms with E-state index in [1.807, 2.05) is 18.9 Å². The minimum atomic E-state index is -0.911. The maximum atomic E-state index is 11.1. The minimum absolute atomic E-state index is 0.293. The zero-order valence-corrected chi connectivity index (χ0v) is 11.4. The number of nitrogens with zero attached hydrogens (tertiary/aromatic N) is 2. The van der Waals surface area contributed by atoms with Crippen LogP contribution in [-0.2, 0) is 4.74 Å². The van der Waals surface area contributed by atoms with Crippen molar-refractivity contribution in [3.63, 3.8) is 0 Å². The van der Waals surface area contributed by atoms with Gasteiger partial charge in [0, 0.05) is 32.5 Å². The number of rotatable bonds is 4. The number of hydrogen-bond donors (Lipinski definition) is 1. The monoisotopic (exact) mass is 264 g/mol. The molecule has 1 aromatic rings. The number of ether oxygens (including phenoxy) is 1. The molecule has 0 unspecified atom stereocenters. The number of carboxylic acid groups (broad SMARTS) is 1. The van der Waals surface area contributed by atoms with Gasteiger partial charge in [-0.25, -0.2) is 9.78 Å². The molecule has 0 spiro atoms. The first-order valence-corrected chi connectivity index (χ1v) is 6.57. The van der Waals surface area contributed by atoms with E-state index < -0.39 is 5.97 Å². The quantitative estimate of drug-likeness (QED) is 0.900. The SMILES string of the molecule is Cc1cc(C(=O)O)cc(N(C)CC2CCOCC2)n1. The molecule has 1 saturated heterocycles. The Labute approximate surface area is 113 Å². The number of aryl methyl sites for hydroxylation is 1. The van der Waals surface area contributed by atoms with Gasteiger partial charge in [-0.1, -0.05) is 0 Å². The van der Waals surface area contributed by atoms with Crippen molar-refractivity contribution in [1.82, 2.24) is 4.98 Å². The van der Waals surface area contributed by atoms with E-state index in [-0.39, 0.29) is 0 Å². The van der Waals surface area contributed by atoms with Crippen LogP contribution in [0.25, 0.3) is 0 Å². The van der Waals surface area contributed by atoms with Crippen molar-refractivity contribution in [3.8, 4) is 0 Å². The molecule has 5 heteroatoms. The van der Waals surface area contributed by atoms with Gasteiger partial charge in [0.25, 0.3) is 0 Å². The average molecular weight is 264 g/mol. The number of hydrogen-bond acceptors (Lipinski definition) is 4. The van der Waals surface area contributed by atoms with Crippen molar-refractivity contribution in [2.45, 2.75) is 19.8 Å². The summed E-state index contributed by atoms with van der Waals surface area (Å²) in [5, 5.41) is 9.07. The van der Waals surface area contributed by atoms with Crippen LogP contribution in [0.4, 0.5) is 5.82 Å². The second-order valence-electron chi connectivity index (χ2n) is 5.10. The summed E-state index contributed by atoms with van der Waals surface area (Å²) in [5.74, 6) is 0.407. The van der Waals surface area contributed by atoms with E-state index in [9.17, 15) is 4.79 Å². The van der Waals surface area contributed by atoms with E-state index in [1.54, 1.807) is 12.1 Å². The number of aromatic carboxylic acids is 1. The van der Waals surface area contributed by atoms with E-state index in [1.165, 1.54) is 0 Å². The van der Waals surface area contributed by atoms with Crippen LogP contribution in [0.2, 0.25) is 0 Å². The molecule has 2 heterocycles. The molecule has 0 radical (unpaired) electrons. The maximum Gasteiger partial charge on any atom is 0.335 e. The van der Waals surface area contributed by atoms with Gasteiger partial charge in [-0.05, 0) is 37.8 Å². The number of carboxylic acids is 1. The lowest BCUT2D eigenvalue weighted by Crippen LogP contribution is -2.30. The van der Waals surface area contributed by atoms with Crippen LogP contribution in [0.15, 0.2) is 12.1 Å². The third-order valence-corrected chi connectivity index (χ3v) is 3.45. The fourth-order valence-electron chi connectivity index (χ4n) is 2.38. The van der Waals surface area contributed by atoms with Crippen molar-refractivity contribution in [2.24, 2.45) is 5.92 Å². The molecule has 0 aliphatic carbocycles. The Balaban J connectivity index is 2.09.